The molecule has 3 saturated carbocycles. The van der Waals surface area contributed by atoms with Crippen LogP contribution in [0.3, 0.4) is 0 Å². The van der Waals surface area contributed by atoms with Gasteiger partial charge in [-0.3, -0.25) is 19.3 Å². The number of imide groups is 1. The van der Waals surface area contributed by atoms with E-state index >= 15 is 0 Å². The zero-order valence-corrected chi connectivity index (χ0v) is 30.8. The second-order valence-corrected chi connectivity index (χ2v) is 17.0. The highest BCUT2D eigenvalue weighted by atomic mass is 16.7. The molecule has 278 valence electrons. The van der Waals surface area contributed by atoms with Crippen molar-refractivity contribution in [2.45, 2.75) is 122 Å². The quantitative estimate of drug-likeness (QED) is 0.205. The standard InChI is InChI=1S/C42H51NO9/c1-23-24(2)36(43-37(46)29-8-6-7-9-30(29)38(43)47)39(52-34(23)22-49-25(3)44)51-28-14-17-40(4)27(20-28)11-12-33-32(40)15-18-41(5)31(16-19-42(33,41)48)26-10-13-35(45)50-21-26/h6-10,13,20-21,23-24,28,31-34,36,39,48H,11-12,14-19,22H2,1-5H3/t23-,24-,28-,31+,32?,33?,34?,36?,39?,40-,41+,42-/m0/s1. The molecule has 1 aromatic heterocycles. The van der Waals surface area contributed by atoms with E-state index in [0.717, 1.165) is 56.9 Å². The van der Waals surface area contributed by atoms with Gasteiger partial charge in [0.25, 0.3) is 11.8 Å². The predicted octanol–water partition coefficient (Wildman–Crippen LogP) is 6.41. The van der Waals surface area contributed by atoms with Crippen molar-refractivity contribution in [3.05, 3.63) is 81.4 Å². The van der Waals surface area contributed by atoms with E-state index in [9.17, 15) is 24.3 Å². The summed E-state index contributed by atoms with van der Waals surface area (Å²) in [4.78, 5) is 52.4. The molecule has 12 atom stereocenters. The van der Waals surface area contributed by atoms with Crippen LogP contribution >= 0.6 is 0 Å². The molecule has 1 aromatic carbocycles. The molecule has 2 aliphatic heterocycles. The van der Waals surface area contributed by atoms with E-state index in [1.807, 2.05) is 19.9 Å². The Morgan fingerprint density at radius 1 is 0.923 bits per heavy atom. The molecule has 4 fully saturated rings. The van der Waals surface area contributed by atoms with Crippen molar-refractivity contribution in [2.75, 3.05) is 6.61 Å². The average Bonchev–Trinajstić information content (AvgIpc) is 3.54. The second-order valence-electron chi connectivity index (χ2n) is 17.0. The topological polar surface area (TPSA) is 133 Å². The molecule has 0 spiro atoms. The van der Waals surface area contributed by atoms with Crippen LogP contribution in [0.2, 0.25) is 0 Å². The first kappa shape index (κ1) is 35.4. The minimum absolute atomic E-state index is 0.0594. The molecule has 3 heterocycles. The highest BCUT2D eigenvalue weighted by Crippen LogP contribution is 2.70. The second kappa shape index (κ2) is 12.8. The van der Waals surface area contributed by atoms with Gasteiger partial charge < -0.3 is 23.7 Å². The lowest BCUT2D eigenvalue weighted by Crippen LogP contribution is -2.61. The molecule has 0 radical (unpaired) electrons. The molecule has 5 unspecified atom stereocenters. The first-order valence-electron chi connectivity index (χ1n) is 19.2. The molecule has 2 aromatic rings. The summed E-state index contributed by atoms with van der Waals surface area (Å²) in [5, 5.41) is 12.7. The van der Waals surface area contributed by atoms with Gasteiger partial charge in [0.1, 0.15) is 6.61 Å². The Morgan fingerprint density at radius 2 is 1.65 bits per heavy atom. The minimum Gasteiger partial charge on any atom is -0.463 e. The van der Waals surface area contributed by atoms with Crippen molar-refractivity contribution in [3.8, 4) is 0 Å². The third-order valence-corrected chi connectivity index (χ3v) is 14.8. The van der Waals surface area contributed by atoms with Crippen LogP contribution in [0.4, 0.5) is 0 Å². The largest absolute Gasteiger partial charge is 0.463 e. The molecule has 1 N–H and O–H groups in total. The number of hydrogen-bond acceptors (Lipinski definition) is 9. The number of aliphatic hydroxyl groups is 1. The van der Waals surface area contributed by atoms with E-state index in [0.29, 0.717) is 17.0 Å². The van der Waals surface area contributed by atoms with Gasteiger partial charge in [-0.25, -0.2) is 4.79 Å². The van der Waals surface area contributed by atoms with Gasteiger partial charge in [-0.05, 0) is 110 Å². The van der Waals surface area contributed by atoms with Crippen molar-refractivity contribution in [2.24, 2.45) is 34.5 Å². The molecule has 10 nitrogen and oxygen atoms in total. The highest BCUT2D eigenvalue weighted by Gasteiger charge is 2.67. The SMILES string of the molecule is CC(=O)OCC1OC(O[C@@H]2C=C3CCC4C(CC[C@]5(C)[C@@H](c6ccc(=O)oc6)CC[C@]45O)[C@@]3(C)CC2)C(N2C(=O)c3ccccc3C2=O)[C@@H](C)[C@@H]1C. The summed E-state index contributed by atoms with van der Waals surface area (Å²) in [7, 11) is 0. The minimum atomic E-state index is -0.912. The van der Waals surface area contributed by atoms with Gasteiger partial charge in [0, 0.05) is 18.4 Å². The number of esters is 1. The van der Waals surface area contributed by atoms with Gasteiger partial charge in [-0.15, -0.1) is 0 Å². The maximum atomic E-state index is 13.8. The highest BCUT2D eigenvalue weighted by molar-refractivity contribution is 6.21. The lowest BCUT2D eigenvalue weighted by molar-refractivity contribution is -0.264. The van der Waals surface area contributed by atoms with Gasteiger partial charge in [-0.1, -0.05) is 51.5 Å². The molecule has 10 heteroatoms. The summed E-state index contributed by atoms with van der Waals surface area (Å²) in [6.45, 7) is 10.1. The summed E-state index contributed by atoms with van der Waals surface area (Å²) in [6, 6.07) is 9.59. The molecule has 8 rings (SSSR count). The lowest BCUT2D eigenvalue weighted by atomic mass is 9.45. The number of benzene rings is 1. The van der Waals surface area contributed by atoms with Gasteiger partial charge >= 0.3 is 11.6 Å². The van der Waals surface area contributed by atoms with E-state index in [4.69, 9.17) is 18.6 Å². The van der Waals surface area contributed by atoms with Crippen LogP contribution in [-0.4, -0.2) is 64.5 Å². The van der Waals surface area contributed by atoms with Crippen LogP contribution in [0, 0.1) is 34.5 Å². The summed E-state index contributed by atoms with van der Waals surface area (Å²) in [6.07, 6.45) is 9.05. The fourth-order valence-corrected chi connectivity index (χ4v) is 11.7. The first-order valence-corrected chi connectivity index (χ1v) is 19.2. The molecule has 1 saturated heterocycles. The van der Waals surface area contributed by atoms with E-state index in [1.165, 1.54) is 23.5 Å². The maximum Gasteiger partial charge on any atom is 0.335 e. The number of hydrogen-bond donors (Lipinski definition) is 1. The Kier molecular flexibility index (Phi) is 8.70. The van der Waals surface area contributed by atoms with Gasteiger partial charge in [0.05, 0.1) is 41.2 Å². The predicted molar refractivity (Wildman–Crippen MR) is 190 cm³/mol. The van der Waals surface area contributed by atoms with Crippen molar-refractivity contribution in [1.82, 2.24) is 4.90 Å². The van der Waals surface area contributed by atoms with Crippen molar-refractivity contribution in [3.63, 3.8) is 0 Å². The van der Waals surface area contributed by atoms with E-state index in [2.05, 4.69) is 19.9 Å². The summed E-state index contributed by atoms with van der Waals surface area (Å²) in [5.74, 6) is -0.793. The van der Waals surface area contributed by atoms with Crippen molar-refractivity contribution < 1.29 is 38.1 Å². The average molecular weight is 714 g/mol. The Bertz CT molecular complexity index is 1810. The first-order chi connectivity index (χ1) is 24.8. The van der Waals surface area contributed by atoms with Crippen LogP contribution in [-0.2, 0) is 19.0 Å². The van der Waals surface area contributed by atoms with E-state index in [1.54, 1.807) is 30.5 Å². The fourth-order valence-electron chi connectivity index (χ4n) is 11.7. The Balaban J connectivity index is 1.05. The monoisotopic (exact) mass is 713 g/mol. The molecule has 0 bridgehead atoms. The van der Waals surface area contributed by atoms with Gasteiger partial charge in [-0.2, -0.15) is 0 Å². The third kappa shape index (κ3) is 5.29. The maximum absolute atomic E-state index is 13.8. The molecular formula is C42H51NO9. The Morgan fingerprint density at radius 3 is 2.33 bits per heavy atom. The van der Waals surface area contributed by atoms with E-state index in [-0.39, 0.29) is 64.7 Å². The van der Waals surface area contributed by atoms with Crippen molar-refractivity contribution in [1.29, 1.82) is 0 Å². The third-order valence-electron chi connectivity index (χ3n) is 14.8. The number of ether oxygens (including phenoxy) is 3. The summed E-state index contributed by atoms with van der Waals surface area (Å²) >= 11 is 0. The van der Waals surface area contributed by atoms with Gasteiger partial charge in [0.15, 0.2) is 6.29 Å². The molecule has 2 amide bonds. The normalized spacial score (nSPS) is 41.1. The van der Waals surface area contributed by atoms with Crippen LogP contribution in [0.1, 0.15) is 118 Å². The Hall–Kier alpha value is -3.60. The number of carbonyl (C=O) groups excluding carboxylic acids is 3. The summed E-state index contributed by atoms with van der Waals surface area (Å²) < 4.78 is 24.1. The Labute approximate surface area is 304 Å². The van der Waals surface area contributed by atoms with E-state index < -0.39 is 30.0 Å². The number of fused-ring (bicyclic) bond motifs is 6. The number of nitrogens with zero attached hydrogens (tertiary/aromatic N) is 1. The number of carbonyl (C=O) groups is 3. The van der Waals surface area contributed by atoms with Crippen LogP contribution in [0.15, 0.2) is 63.5 Å². The number of amides is 2. The zero-order chi connectivity index (χ0) is 36.7. The van der Waals surface area contributed by atoms with Crippen molar-refractivity contribution >= 4 is 17.8 Å². The number of rotatable bonds is 6. The molecular weight excluding hydrogens is 662 g/mol. The zero-order valence-electron chi connectivity index (χ0n) is 30.8. The molecule has 52 heavy (non-hydrogen) atoms. The summed E-state index contributed by atoms with van der Waals surface area (Å²) in [5.41, 5.74) is 1.56. The van der Waals surface area contributed by atoms with Crippen LogP contribution in [0.25, 0.3) is 0 Å². The van der Waals surface area contributed by atoms with Gasteiger partial charge in [0.2, 0.25) is 0 Å². The number of allylic oxidation sites excluding steroid dienone is 1. The molecule has 4 aliphatic carbocycles. The fraction of sp³-hybridized carbons (Fsp3) is 0.619. The van der Waals surface area contributed by atoms with Crippen LogP contribution < -0.4 is 5.63 Å². The lowest BCUT2D eigenvalue weighted by Gasteiger charge is -2.62. The van der Waals surface area contributed by atoms with Crippen LogP contribution in [0.5, 0.6) is 0 Å². The molecule has 6 aliphatic rings. The smallest absolute Gasteiger partial charge is 0.335 e.